The monoisotopic (exact) mass is 226 g/mol. The Morgan fingerprint density at radius 2 is 2.40 bits per heavy atom. The van der Waals surface area contributed by atoms with Gasteiger partial charge in [-0.1, -0.05) is 18.6 Å². The molecule has 1 aliphatic heterocycles. The van der Waals surface area contributed by atoms with Gasteiger partial charge in [-0.25, -0.2) is 5.53 Å². The van der Waals surface area contributed by atoms with Gasteiger partial charge in [0.25, 0.3) is 0 Å². The number of thioether (sulfide) groups is 1. The van der Waals surface area contributed by atoms with Crippen molar-refractivity contribution in [2.75, 3.05) is 6.54 Å². The van der Waals surface area contributed by atoms with Gasteiger partial charge in [-0.3, -0.25) is 5.01 Å². The first-order chi connectivity index (χ1) is 7.27. The van der Waals surface area contributed by atoms with E-state index >= 15 is 0 Å². The Kier molecular flexibility index (Phi) is 5.28. The maximum Gasteiger partial charge on any atom is 0.128 e. The van der Waals surface area contributed by atoms with E-state index < -0.39 is 0 Å². The third-order valence-electron chi connectivity index (χ3n) is 2.12. The molecule has 0 spiro atoms. The molecule has 0 saturated carbocycles. The molecule has 15 heavy (non-hydrogen) atoms. The van der Waals surface area contributed by atoms with Crippen LogP contribution in [0.25, 0.3) is 0 Å². The van der Waals surface area contributed by atoms with E-state index in [1.165, 1.54) is 10.5 Å². The first-order valence-corrected chi connectivity index (χ1v) is 5.92. The van der Waals surface area contributed by atoms with Crippen LogP contribution in [0.1, 0.15) is 27.2 Å². The summed E-state index contributed by atoms with van der Waals surface area (Å²) in [7, 11) is 0. The van der Waals surface area contributed by atoms with Gasteiger partial charge in [0.05, 0.1) is 6.54 Å². The van der Waals surface area contributed by atoms with E-state index in [2.05, 4.69) is 41.5 Å². The SMILES string of the molecule is C/C=C\S/C(CN1C=NNN1)=C(/C)CC. The fraction of sp³-hybridized carbons (Fsp3) is 0.500. The van der Waals surface area contributed by atoms with Gasteiger partial charge < -0.3 is 0 Å². The van der Waals surface area contributed by atoms with Crippen LogP contribution in [-0.2, 0) is 0 Å². The summed E-state index contributed by atoms with van der Waals surface area (Å²) < 4.78 is 0. The molecule has 0 unspecified atom stereocenters. The second kappa shape index (κ2) is 6.53. The average molecular weight is 226 g/mol. The lowest BCUT2D eigenvalue weighted by atomic mass is 10.2. The zero-order valence-corrected chi connectivity index (χ0v) is 10.3. The molecule has 0 radical (unpaired) electrons. The van der Waals surface area contributed by atoms with E-state index in [0.29, 0.717) is 0 Å². The summed E-state index contributed by atoms with van der Waals surface area (Å²) in [5.74, 6) is 0. The normalized spacial score (nSPS) is 17.1. The quantitative estimate of drug-likeness (QED) is 0.754. The summed E-state index contributed by atoms with van der Waals surface area (Å²) in [6.07, 6.45) is 4.88. The maximum absolute atomic E-state index is 3.87. The molecule has 1 heterocycles. The zero-order chi connectivity index (χ0) is 11.1. The van der Waals surface area contributed by atoms with Gasteiger partial charge in [0.15, 0.2) is 0 Å². The molecule has 0 aromatic carbocycles. The van der Waals surface area contributed by atoms with Crippen molar-refractivity contribution in [2.45, 2.75) is 27.2 Å². The predicted octanol–water partition coefficient (Wildman–Crippen LogP) is 2.21. The Bertz CT molecular complexity index is 283. The molecular weight excluding hydrogens is 208 g/mol. The van der Waals surface area contributed by atoms with Crippen LogP contribution in [0.2, 0.25) is 0 Å². The second-order valence-corrected chi connectivity index (χ2v) is 4.24. The van der Waals surface area contributed by atoms with Gasteiger partial charge in [-0.15, -0.1) is 17.3 Å². The summed E-state index contributed by atoms with van der Waals surface area (Å²) in [5.41, 5.74) is 7.04. The number of allylic oxidation sites excluding steroid dienone is 2. The Morgan fingerprint density at radius 1 is 1.60 bits per heavy atom. The molecule has 2 N–H and O–H groups in total. The minimum Gasteiger partial charge on any atom is -0.273 e. The molecule has 1 aliphatic rings. The van der Waals surface area contributed by atoms with Crippen molar-refractivity contribution in [3.05, 3.63) is 22.0 Å². The van der Waals surface area contributed by atoms with Gasteiger partial charge in [0.2, 0.25) is 0 Å². The van der Waals surface area contributed by atoms with Crippen LogP contribution in [0.15, 0.2) is 27.1 Å². The molecule has 0 aromatic heterocycles. The van der Waals surface area contributed by atoms with Gasteiger partial charge in [-0.2, -0.15) is 5.10 Å². The highest BCUT2D eigenvalue weighted by Gasteiger charge is 2.08. The number of nitrogens with zero attached hydrogens (tertiary/aromatic N) is 2. The Hall–Kier alpha value is -0.940. The van der Waals surface area contributed by atoms with E-state index in [9.17, 15) is 0 Å². The molecule has 1 rings (SSSR count). The standard InChI is InChI=1S/C10H18N4S/c1-4-6-15-10(9(3)5-2)7-14-8-11-12-13-14/h4,6,8,12-13H,5,7H2,1-3H3/b6-4-,10-9-. The summed E-state index contributed by atoms with van der Waals surface area (Å²) in [5, 5.41) is 7.90. The number of hydrogen-bond acceptors (Lipinski definition) is 5. The van der Waals surface area contributed by atoms with Crippen molar-refractivity contribution in [1.82, 2.24) is 16.1 Å². The lowest BCUT2D eigenvalue weighted by molar-refractivity contribution is 0.324. The molecule has 0 amide bonds. The molecule has 5 heteroatoms. The first kappa shape index (κ1) is 12.1. The minimum absolute atomic E-state index is 0.838. The number of hydrazone groups is 1. The van der Waals surface area contributed by atoms with Crippen LogP contribution in [0.5, 0.6) is 0 Å². The van der Waals surface area contributed by atoms with Crippen molar-refractivity contribution < 1.29 is 0 Å². The van der Waals surface area contributed by atoms with Crippen molar-refractivity contribution in [2.24, 2.45) is 5.10 Å². The van der Waals surface area contributed by atoms with Gasteiger partial charge in [-0.05, 0) is 25.7 Å². The van der Waals surface area contributed by atoms with Crippen molar-refractivity contribution in [3.8, 4) is 0 Å². The first-order valence-electron chi connectivity index (χ1n) is 5.04. The summed E-state index contributed by atoms with van der Waals surface area (Å²) in [4.78, 5) is 1.36. The van der Waals surface area contributed by atoms with E-state index in [4.69, 9.17) is 0 Å². The van der Waals surface area contributed by atoms with Crippen LogP contribution in [0.3, 0.4) is 0 Å². The molecular formula is C10H18N4S. The third kappa shape index (κ3) is 3.97. The Labute approximate surface area is 95.4 Å². The van der Waals surface area contributed by atoms with E-state index in [1.807, 2.05) is 11.9 Å². The Balaban J connectivity index is 2.59. The number of nitrogens with one attached hydrogen (secondary N) is 2. The number of hydrazine groups is 2. The highest BCUT2D eigenvalue weighted by Crippen LogP contribution is 2.23. The van der Waals surface area contributed by atoms with Crippen LogP contribution in [-0.4, -0.2) is 17.9 Å². The summed E-state index contributed by atoms with van der Waals surface area (Å²) >= 11 is 1.77. The van der Waals surface area contributed by atoms with Crippen LogP contribution in [0.4, 0.5) is 0 Å². The van der Waals surface area contributed by atoms with E-state index in [-0.39, 0.29) is 0 Å². The molecule has 0 aromatic rings. The van der Waals surface area contributed by atoms with Gasteiger partial charge in [0.1, 0.15) is 6.34 Å². The van der Waals surface area contributed by atoms with Crippen LogP contribution in [0, 0.1) is 0 Å². The van der Waals surface area contributed by atoms with Gasteiger partial charge in [0, 0.05) is 4.91 Å². The summed E-state index contributed by atoms with van der Waals surface area (Å²) in [6.45, 7) is 7.22. The Morgan fingerprint density at radius 3 is 2.93 bits per heavy atom. The fourth-order valence-corrected chi connectivity index (χ4v) is 1.94. The average Bonchev–Trinajstić information content (AvgIpc) is 2.75. The van der Waals surface area contributed by atoms with Crippen molar-refractivity contribution in [1.29, 1.82) is 0 Å². The topological polar surface area (TPSA) is 39.7 Å². The van der Waals surface area contributed by atoms with E-state index in [0.717, 1.165) is 13.0 Å². The molecule has 0 bridgehead atoms. The largest absolute Gasteiger partial charge is 0.273 e. The number of rotatable bonds is 5. The summed E-state index contributed by atoms with van der Waals surface area (Å²) in [6, 6.07) is 0. The maximum atomic E-state index is 3.87. The van der Waals surface area contributed by atoms with Crippen LogP contribution < -0.4 is 11.1 Å². The molecule has 0 aliphatic carbocycles. The van der Waals surface area contributed by atoms with Crippen LogP contribution >= 0.6 is 11.8 Å². The van der Waals surface area contributed by atoms with Crippen molar-refractivity contribution in [3.63, 3.8) is 0 Å². The predicted molar refractivity (Wildman–Crippen MR) is 66.9 cm³/mol. The molecule has 84 valence electrons. The van der Waals surface area contributed by atoms with E-state index in [1.54, 1.807) is 18.1 Å². The minimum atomic E-state index is 0.838. The zero-order valence-electron chi connectivity index (χ0n) is 9.45. The smallest absolute Gasteiger partial charge is 0.128 e. The fourth-order valence-electron chi connectivity index (χ4n) is 1.08. The molecule has 0 fully saturated rings. The van der Waals surface area contributed by atoms with Gasteiger partial charge >= 0.3 is 0 Å². The lowest BCUT2D eigenvalue weighted by Crippen LogP contribution is -2.38. The lowest BCUT2D eigenvalue weighted by Gasteiger charge is -2.16. The second-order valence-electron chi connectivity index (χ2n) is 3.24. The molecule has 0 atom stereocenters. The highest BCUT2D eigenvalue weighted by molar-refractivity contribution is 8.05. The molecule has 0 saturated heterocycles. The van der Waals surface area contributed by atoms with Crippen molar-refractivity contribution >= 4 is 18.1 Å². The molecule has 4 nitrogen and oxygen atoms in total. The highest BCUT2D eigenvalue weighted by atomic mass is 32.2. The third-order valence-corrected chi connectivity index (χ3v) is 3.29. The number of hydrogen-bond donors (Lipinski definition) is 2.